The first-order valence-corrected chi connectivity index (χ1v) is 10.3. The monoisotopic (exact) mass is 422 g/mol. The summed E-state index contributed by atoms with van der Waals surface area (Å²) in [4.78, 5) is 17.2. The number of amides is 1. The van der Waals surface area contributed by atoms with E-state index in [1.54, 1.807) is 21.0 Å². The summed E-state index contributed by atoms with van der Waals surface area (Å²) in [5, 5.41) is 9.16. The Balaban J connectivity index is 1.61. The predicted octanol–water partition coefficient (Wildman–Crippen LogP) is 5.08. The molecular weight excluding hydrogens is 400 g/mol. The van der Waals surface area contributed by atoms with Gasteiger partial charge in [-0.05, 0) is 58.0 Å². The van der Waals surface area contributed by atoms with Gasteiger partial charge in [-0.15, -0.1) is 11.3 Å². The van der Waals surface area contributed by atoms with Gasteiger partial charge in [-0.3, -0.25) is 10.1 Å². The Hall–Kier alpha value is -3.39. The minimum absolute atomic E-state index is 0.268. The molecule has 0 saturated heterocycles. The molecule has 0 aliphatic heterocycles. The summed E-state index contributed by atoms with van der Waals surface area (Å²) in [5.41, 5.74) is 6.08. The van der Waals surface area contributed by atoms with Crippen LogP contribution in [0.1, 0.15) is 33.2 Å². The van der Waals surface area contributed by atoms with Crippen molar-refractivity contribution in [2.75, 3.05) is 12.4 Å². The second-order valence-electron chi connectivity index (χ2n) is 7.01. The first kappa shape index (κ1) is 19.9. The molecule has 0 spiro atoms. The van der Waals surface area contributed by atoms with Crippen LogP contribution in [0.25, 0.3) is 16.9 Å². The van der Waals surface area contributed by atoms with Crippen molar-refractivity contribution in [1.82, 2.24) is 14.7 Å². The number of methoxy groups -OCH3 is 1. The molecule has 0 unspecified atom stereocenters. The number of hydrogen-bond donors (Lipinski definition) is 1. The highest BCUT2D eigenvalue weighted by molar-refractivity contribution is 7.14. The molecule has 0 atom stereocenters. The SMILES string of the molecule is COc1ccc(-n2c(C)cc(-c3csc(NC(=O)c4c(C)noc4C)n3)c2C)cc1. The van der Waals surface area contributed by atoms with Crippen LogP contribution in [-0.4, -0.2) is 27.7 Å². The summed E-state index contributed by atoms with van der Waals surface area (Å²) in [6.07, 6.45) is 0. The van der Waals surface area contributed by atoms with E-state index in [4.69, 9.17) is 9.26 Å². The van der Waals surface area contributed by atoms with Crippen molar-refractivity contribution >= 4 is 22.4 Å². The molecule has 30 heavy (non-hydrogen) atoms. The summed E-state index contributed by atoms with van der Waals surface area (Å²) >= 11 is 1.39. The third-order valence-corrected chi connectivity index (χ3v) is 5.78. The second-order valence-corrected chi connectivity index (χ2v) is 7.87. The Morgan fingerprint density at radius 2 is 1.90 bits per heavy atom. The van der Waals surface area contributed by atoms with E-state index < -0.39 is 0 Å². The summed E-state index contributed by atoms with van der Waals surface area (Å²) in [6.45, 7) is 7.59. The molecule has 4 rings (SSSR count). The van der Waals surface area contributed by atoms with E-state index in [1.807, 2.05) is 29.6 Å². The fourth-order valence-electron chi connectivity index (χ4n) is 3.57. The fraction of sp³-hybridized carbons (Fsp3) is 0.227. The smallest absolute Gasteiger partial charge is 0.262 e. The predicted molar refractivity (Wildman–Crippen MR) is 117 cm³/mol. The Labute approximate surface area is 178 Å². The van der Waals surface area contributed by atoms with E-state index >= 15 is 0 Å². The van der Waals surface area contributed by atoms with Crippen molar-refractivity contribution in [3.8, 4) is 22.7 Å². The van der Waals surface area contributed by atoms with Gasteiger partial charge in [0.1, 0.15) is 17.1 Å². The lowest BCUT2D eigenvalue weighted by Gasteiger charge is -2.10. The summed E-state index contributed by atoms with van der Waals surface area (Å²) in [7, 11) is 1.66. The van der Waals surface area contributed by atoms with Crippen LogP contribution < -0.4 is 10.1 Å². The van der Waals surface area contributed by atoms with Crippen LogP contribution in [0, 0.1) is 27.7 Å². The molecule has 0 bridgehead atoms. The summed E-state index contributed by atoms with van der Waals surface area (Å²) < 4.78 is 12.5. The van der Waals surface area contributed by atoms with Crippen LogP contribution in [-0.2, 0) is 0 Å². The van der Waals surface area contributed by atoms with Crippen LogP contribution >= 0.6 is 11.3 Å². The zero-order valence-electron chi connectivity index (χ0n) is 17.4. The van der Waals surface area contributed by atoms with E-state index in [0.29, 0.717) is 22.1 Å². The highest BCUT2D eigenvalue weighted by atomic mass is 32.1. The van der Waals surface area contributed by atoms with E-state index in [-0.39, 0.29) is 5.91 Å². The molecule has 154 valence electrons. The van der Waals surface area contributed by atoms with Gasteiger partial charge in [0.2, 0.25) is 0 Å². The first-order valence-electron chi connectivity index (χ1n) is 9.42. The number of nitrogens with zero attached hydrogens (tertiary/aromatic N) is 3. The lowest BCUT2D eigenvalue weighted by Crippen LogP contribution is -2.13. The number of benzene rings is 1. The largest absolute Gasteiger partial charge is 0.497 e. The van der Waals surface area contributed by atoms with Crippen LogP contribution in [0.15, 0.2) is 40.2 Å². The Bertz CT molecular complexity index is 1200. The quantitative estimate of drug-likeness (QED) is 0.485. The van der Waals surface area contributed by atoms with Crippen LogP contribution in [0.4, 0.5) is 5.13 Å². The number of aromatic nitrogens is 3. The fourth-order valence-corrected chi connectivity index (χ4v) is 4.28. The molecule has 7 nitrogen and oxygen atoms in total. The Kier molecular flexibility index (Phi) is 5.17. The third kappa shape index (κ3) is 3.50. The molecule has 3 heterocycles. The van der Waals surface area contributed by atoms with E-state index in [9.17, 15) is 4.79 Å². The van der Waals surface area contributed by atoms with Crippen molar-refractivity contribution in [2.45, 2.75) is 27.7 Å². The van der Waals surface area contributed by atoms with Gasteiger partial charge in [0.05, 0.1) is 18.5 Å². The van der Waals surface area contributed by atoms with Crippen molar-refractivity contribution in [2.24, 2.45) is 0 Å². The molecule has 0 aliphatic rings. The first-order chi connectivity index (χ1) is 14.4. The maximum atomic E-state index is 12.6. The van der Waals surface area contributed by atoms with E-state index in [1.165, 1.54) is 11.3 Å². The molecule has 0 radical (unpaired) electrons. The lowest BCUT2D eigenvalue weighted by molar-refractivity contribution is 0.102. The summed E-state index contributed by atoms with van der Waals surface area (Å²) in [5.74, 6) is 1.04. The highest BCUT2D eigenvalue weighted by Gasteiger charge is 2.20. The Morgan fingerprint density at radius 1 is 1.17 bits per heavy atom. The van der Waals surface area contributed by atoms with E-state index in [2.05, 4.69) is 39.9 Å². The Morgan fingerprint density at radius 3 is 2.53 bits per heavy atom. The van der Waals surface area contributed by atoms with Gasteiger partial charge < -0.3 is 13.8 Å². The minimum Gasteiger partial charge on any atom is -0.497 e. The number of hydrogen-bond acceptors (Lipinski definition) is 6. The van der Waals surface area contributed by atoms with Crippen molar-refractivity contribution < 1.29 is 14.1 Å². The number of rotatable bonds is 5. The standard InChI is InChI=1S/C22H22N4O3S/c1-12-10-18(14(3)26(12)16-6-8-17(28-5)9-7-16)19-11-30-22(23-19)24-21(27)20-13(2)25-29-15(20)4/h6-11H,1-5H3,(H,23,24,27). The normalized spacial score (nSPS) is 11.0. The molecule has 0 saturated carbocycles. The number of anilines is 1. The van der Waals surface area contributed by atoms with Crippen LogP contribution in [0.5, 0.6) is 5.75 Å². The third-order valence-electron chi connectivity index (χ3n) is 5.02. The second kappa shape index (κ2) is 7.79. The highest BCUT2D eigenvalue weighted by Crippen LogP contribution is 2.32. The average Bonchev–Trinajstić information content (AvgIpc) is 3.40. The number of aryl methyl sites for hydroxylation is 3. The number of thiazole rings is 1. The van der Waals surface area contributed by atoms with Crippen molar-refractivity contribution in [3.05, 3.63) is 64.1 Å². The zero-order chi connectivity index (χ0) is 21.4. The molecular formula is C22H22N4O3S. The molecule has 1 N–H and O–H groups in total. The number of carbonyl (C=O) groups is 1. The van der Waals surface area contributed by atoms with Gasteiger partial charge >= 0.3 is 0 Å². The minimum atomic E-state index is -0.268. The van der Waals surface area contributed by atoms with Gasteiger partial charge in [-0.25, -0.2) is 4.98 Å². The number of ether oxygens (including phenoxy) is 1. The van der Waals surface area contributed by atoms with Crippen molar-refractivity contribution in [3.63, 3.8) is 0 Å². The number of carbonyl (C=O) groups excluding carboxylic acids is 1. The molecule has 1 aromatic carbocycles. The van der Waals surface area contributed by atoms with Crippen LogP contribution in [0.2, 0.25) is 0 Å². The molecule has 0 fully saturated rings. The zero-order valence-corrected chi connectivity index (χ0v) is 18.3. The van der Waals surface area contributed by atoms with Crippen LogP contribution in [0.3, 0.4) is 0 Å². The van der Waals surface area contributed by atoms with Gasteiger partial charge in [-0.1, -0.05) is 5.16 Å². The topological polar surface area (TPSA) is 82.2 Å². The van der Waals surface area contributed by atoms with E-state index in [0.717, 1.165) is 34.1 Å². The molecule has 8 heteroatoms. The molecule has 0 aliphatic carbocycles. The average molecular weight is 423 g/mol. The maximum absolute atomic E-state index is 12.6. The number of nitrogens with one attached hydrogen (secondary N) is 1. The molecule has 4 aromatic rings. The van der Waals surface area contributed by atoms with Gasteiger partial charge in [-0.2, -0.15) is 0 Å². The molecule has 3 aromatic heterocycles. The van der Waals surface area contributed by atoms with Gasteiger partial charge in [0.15, 0.2) is 5.13 Å². The molecule has 1 amide bonds. The van der Waals surface area contributed by atoms with Crippen molar-refractivity contribution in [1.29, 1.82) is 0 Å². The van der Waals surface area contributed by atoms with Gasteiger partial charge in [0.25, 0.3) is 5.91 Å². The maximum Gasteiger partial charge on any atom is 0.262 e. The lowest BCUT2D eigenvalue weighted by atomic mass is 10.2. The van der Waals surface area contributed by atoms with Gasteiger partial charge in [0, 0.05) is 28.0 Å². The summed E-state index contributed by atoms with van der Waals surface area (Å²) in [6, 6.07) is 10.0.